The van der Waals surface area contributed by atoms with Crippen LogP contribution >= 0.6 is 0 Å². The number of aliphatic imine (C=N–C) groups is 1. The molecule has 154 valence electrons. The molecule has 1 aliphatic heterocycles. The van der Waals surface area contributed by atoms with Crippen molar-refractivity contribution in [2.45, 2.75) is 31.8 Å². The number of benzene rings is 2. The lowest BCUT2D eigenvalue weighted by atomic mass is 9.99. The normalized spacial score (nSPS) is 16.1. The number of hydrogen-bond donors (Lipinski definition) is 3. The van der Waals surface area contributed by atoms with Crippen molar-refractivity contribution < 1.29 is 19.4 Å². The molecule has 2 unspecified atom stereocenters. The number of aromatic amines is 1. The van der Waals surface area contributed by atoms with Crippen molar-refractivity contribution >= 4 is 29.0 Å². The third-order valence-electron chi connectivity index (χ3n) is 5.19. The zero-order valence-electron chi connectivity index (χ0n) is 16.6. The monoisotopic (exact) mass is 405 g/mol. The molecule has 2 heterocycles. The first-order valence-corrected chi connectivity index (χ1v) is 9.93. The van der Waals surface area contributed by atoms with Crippen molar-refractivity contribution in [3.63, 3.8) is 0 Å². The number of esters is 1. The predicted molar refractivity (Wildman–Crippen MR) is 114 cm³/mol. The van der Waals surface area contributed by atoms with E-state index in [4.69, 9.17) is 4.74 Å². The number of phenols is 1. The third-order valence-corrected chi connectivity index (χ3v) is 5.19. The molecule has 30 heavy (non-hydrogen) atoms. The van der Waals surface area contributed by atoms with Crippen molar-refractivity contribution in [1.29, 1.82) is 0 Å². The number of para-hydroxylation sites is 1. The summed E-state index contributed by atoms with van der Waals surface area (Å²) in [4.78, 5) is 33.1. The van der Waals surface area contributed by atoms with Crippen LogP contribution in [0.2, 0.25) is 0 Å². The topological polar surface area (TPSA) is 104 Å². The Morgan fingerprint density at radius 1 is 1.23 bits per heavy atom. The second-order valence-corrected chi connectivity index (χ2v) is 7.24. The minimum atomic E-state index is -0.832. The quantitative estimate of drug-likeness (QED) is 0.548. The highest BCUT2D eigenvalue weighted by atomic mass is 16.5. The number of aromatic nitrogens is 1. The van der Waals surface area contributed by atoms with E-state index in [0.717, 1.165) is 27.7 Å². The van der Waals surface area contributed by atoms with E-state index in [1.165, 1.54) is 0 Å². The molecule has 1 aliphatic rings. The van der Waals surface area contributed by atoms with Crippen LogP contribution in [-0.4, -0.2) is 46.9 Å². The van der Waals surface area contributed by atoms with Crippen LogP contribution in [0.1, 0.15) is 23.7 Å². The van der Waals surface area contributed by atoms with Crippen LogP contribution in [0.5, 0.6) is 5.75 Å². The fourth-order valence-corrected chi connectivity index (χ4v) is 3.69. The number of amides is 1. The molecule has 2 aromatic carbocycles. The molecule has 2 atom stereocenters. The fourth-order valence-electron chi connectivity index (χ4n) is 3.69. The van der Waals surface area contributed by atoms with E-state index in [0.29, 0.717) is 6.42 Å². The molecule has 3 N–H and O–H groups in total. The highest BCUT2D eigenvalue weighted by Gasteiger charge is 2.29. The summed E-state index contributed by atoms with van der Waals surface area (Å²) < 4.78 is 5.14. The summed E-state index contributed by atoms with van der Waals surface area (Å²) in [5, 5.41) is 13.3. The van der Waals surface area contributed by atoms with Crippen molar-refractivity contribution in [2.24, 2.45) is 4.99 Å². The van der Waals surface area contributed by atoms with Crippen molar-refractivity contribution in [2.75, 3.05) is 6.61 Å². The second-order valence-electron chi connectivity index (χ2n) is 7.24. The maximum absolute atomic E-state index is 12.9. The number of phenolic OH excluding ortho intramolecular Hbond substituents is 1. The van der Waals surface area contributed by atoms with Gasteiger partial charge in [-0.05, 0) is 36.2 Å². The molecule has 0 aliphatic carbocycles. The molecule has 0 fully saturated rings. The number of fused-ring (bicyclic) bond motifs is 3. The standard InChI is InChI=1S/C23H23N3O4/c1-2-30-23(29)20(11-14-7-9-15(27)10-8-14)26-22(28)19-12-17-16-5-3-4-6-18(16)25-21(17)13-24-19/h3-10,13,19-20,25,27H,2,11-12H2,1H3,(H,26,28). The van der Waals surface area contributed by atoms with E-state index in [1.807, 2.05) is 24.3 Å². The fraction of sp³-hybridized carbons (Fsp3) is 0.261. The average Bonchev–Trinajstić information content (AvgIpc) is 3.13. The Kier molecular flexibility index (Phi) is 5.52. The maximum atomic E-state index is 12.9. The summed E-state index contributed by atoms with van der Waals surface area (Å²) in [6, 6.07) is 13.0. The zero-order valence-corrected chi connectivity index (χ0v) is 16.6. The summed E-state index contributed by atoms with van der Waals surface area (Å²) in [7, 11) is 0. The summed E-state index contributed by atoms with van der Waals surface area (Å²) >= 11 is 0. The molecule has 3 aromatic rings. The predicted octanol–water partition coefficient (Wildman–Crippen LogP) is 2.51. The van der Waals surface area contributed by atoms with Gasteiger partial charge in [-0.3, -0.25) is 9.79 Å². The Hall–Kier alpha value is -3.61. The smallest absolute Gasteiger partial charge is 0.328 e. The molecule has 4 rings (SSSR count). The number of rotatable bonds is 6. The van der Waals surface area contributed by atoms with Crippen LogP contribution in [0.4, 0.5) is 0 Å². The van der Waals surface area contributed by atoms with Gasteiger partial charge in [0.25, 0.3) is 0 Å². The lowest BCUT2D eigenvalue weighted by molar-refractivity contribution is -0.147. The van der Waals surface area contributed by atoms with Gasteiger partial charge in [-0.2, -0.15) is 0 Å². The van der Waals surface area contributed by atoms with Crippen molar-refractivity contribution in [3.8, 4) is 5.75 Å². The Labute approximate surface area is 173 Å². The van der Waals surface area contributed by atoms with Crippen LogP contribution in [0.25, 0.3) is 10.9 Å². The lowest BCUT2D eigenvalue weighted by Crippen LogP contribution is -2.47. The van der Waals surface area contributed by atoms with Gasteiger partial charge in [-0.25, -0.2) is 4.79 Å². The van der Waals surface area contributed by atoms with Crippen LogP contribution in [0.15, 0.2) is 53.5 Å². The SMILES string of the molecule is CCOC(=O)C(Cc1ccc(O)cc1)NC(=O)C1Cc2c([nH]c3ccccc23)C=N1. The van der Waals surface area contributed by atoms with Gasteiger partial charge in [0.05, 0.1) is 12.3 Å². The van der Waals surface area contributed by atoms with Crippen molar-refractivity contribution in [3.05, 3.63) is 65.4 Å². The molecule has 0 saturated heterocycles. The maximum Gasteiger partial charge on any atom is 0.328 e. The van der Waals surface area contributed by atoms with E-state index in [-0.39, 0.29) is 24.7 Å². The second kappa shape index (κ2) is 8.41. The number of carbonyl (C=O) groups is 2. The van der Waals surface area contributed by atoms with Gasteiger partial charge in [0.2, 0.25) is 5.91 Å². The average molecular weight is 405 g/mol. The van der Waals surface area contributed by atoms with Gasteiger partial charge in [-0.15, -0.1) is 0 Å². The molecule has 0 radical (unpaired) electrons. The molecule has 0 bridgehead atoms. The molecule has 7 heteroatoms. The minimum absolute atomic E-state index is 0.140. The first-order valence-electron chi connectivity index (χ1n) is 9.93. The summed E-state index contributed by atoms with van der Waals surface area (Å²) in [5.74, 6) is -0.674. The van der Waals surface area contributed by atoms with E-state index in [9.17, 15) is 14.7 Å². The van der Waals surface area contributed by atoms with Gasteiger partial charge in [-0.1, -0.05) is 30.3 Å². The summed E-state index contributed by atoms with van der Waals surface area (Å²) in [5.41, 5.74) is 3.77. The zero-order chi connectivity index (χ0) is 21.1. The molecular weight excluding hydrogens is 382 g/mol. The number of nitrogens with zero attached hydrogens (tertiary/aromatic N) is 1. The largest absolute Gasteiger partial charge is 0.508 e. The lowest BCUT2D eigenvalue weighted by Gasteiger charge is -2.21. The molecule has 1 amide bonds. The third kappa shape index (κ3) is 4.05. The Bertz CT molecular complexity index is 1100. The molecule has 0 spiro atoms. The van der Waals surface area contributed by atoms with E-state index < -0.39 is 18.1 Å². The molecule has 0 saturated carbocycles. The first-order chi connectivity index (χ1) is 14.5. The van der Waals surface area contributed by atoms with E-state index >= 15 is 0 Å². The summed E-state index contributed by atoms with van der Waals surface area (Å²) in [6.45, 7) is 1.95. The van der Waals surface area contributed by atoms with Crippen molar-refractivity contribution in [1.82, 2.24) is 10.3 Å². The highest BCUT2D eigenvalue weighted by molar-refractivity contribution is 5.98. The summed E-state index contributed by atoms with van der Waals surface area (Å²) in [6.07, 6.45) is 2.40. The number of carbonyl (C=O) groups excluding carboxylic acids is 2. The Balaban J connectivity index is 1.50. The van der Waals surface area contributed by atoms with Gasteiger partial charge < -0.3 is 20.1 Å². The van der Waals surface area contributed by atoms with E-state index in [1.54, 1.807) is 37.4 Å². The van der Waals surface area contributed by atoms with Gasteiger partial charge >= 0.3 is 5.97 Å². The molecule has 1 aromatic heterocycles. The number of H-pyrrole nitrogens is 1. The number of aromatic hydroxyl groups is 1. The molecule has 7 nitrogen and oxygen atoms in total. The minimum Gasteiger partial charge on any atom is -0.508 e. The number of nitrogens with one attached hydrogen (secondary N) is 2. The Morgan fingerprint density at radius 3 is 2.77 bits per heavy atom. The van der Waals surface area contributed by atoms with E-state index in [2.05, 4.69) is 15.3 Å². The highest BCUT2D eigenvalue weighted by Crippen LogP contribution is 2.26. The van der Waals surface area contributed by atoms with Gasteiger partial charge in [0.1, 0.15) is 17.8 Å². The van der Waals surface area contributed by atoms with Gasteiger partial charge in [0, 0.05) is 30.0 Å². The van der Waals surface area contributed by atoms with Crippen LogP contribution in [0.3, 0.4) is 0 Å². The molecular formula is C23H23N3O4. The van der Waals surface area contributed by atoms with Crippen LogP contribution in [0, 0.1) is 0 Å². The first kappa shape index (κ1) is 19.7. The number of ether oxygens (including phenoxy) is 1. The van der Waals surface area contributed by atoms with Gasteiger partial charge in [0.15, 0.2) is 0 Å². The Morgan fingerprint density at radius 2 is 2.00 bits per heavy atom. The number of hydrogen-bond acceptors (Lipinski definition) is 5. The van der Waals surface area contributed by atoms with Crippen LogP contribution < -0.4 is 5.32 Å². The van der Waals surface area contributed by atoms with Crippen LogP contribution in [-0.2, 0) is 27.2 Å².